The van der Waals surface area contributed by atoms with Gasteiger partial charge in [0, 0.05) is 17.3 Å². The van der Waals surface area contributed by atoms with E-state index in [4.69, 9.17) is 18.0 Å². The van der Waals surface area contributed by atoms with E-state index in [9.17, 15) is 4.79 Å². The second kappa shape index (κ2) is 4.01. The minimum Gasteiger partial charge on any atom is -0.352 e. The molecule has 1 rings (SSSR count). The number of rotatable bonds is 2. The average molecular weight is 182 g/mol. The van der Waals surface area contributed by atoms with Crippen LogP contribution in [0.5, 0.6) is 0 Å². The van der Waals surface area contributed by atoms with E-state index in [1.807, 2.05) is 24.3 Å². The van der Waals surface area contributed by atoms with Crippen LogP contribution in [0, 0.1) is 5.92 Å². The van der Waals surface area contributed by atoms with Crippen molar-refractivity contribution >= 4 is 23.1 Å². The molecule has 0 aromatic rings. The van der Waals surface area contributed by atoms with Crippen molar-refractivity contribution in [3.63, 3.8) is 0 Å². The van der Waals surface area contributed by atoms with Crippen molar-refractivity contribution in [1.82, 2.24) is 5.32 Å². The molecule has 0 radical (unpaired) electrons. The van der Waals surface area contributed by atoms with E-state index >= 15 is 0 Å². The number of thiocarbonyl (C=S) groups is 1. The Kier molecular flexibility index (Phi) is 2.99. The van der Waals surface area contributed by atoms with Crippen LogP contribution in [-0.2, 0) is 0 Å². The van der Waals surface area contributed by atoms with Gasteiger partial charge in [-0.15, -0.1) is 0 Å². The van der Waals surface area contributed by atoms with Crippen LogP contribution in [0.25, 0.3) is 0 Å². The molecular formula is C8H10N2OS. The van der Waals surface area contributed by atoms with E-state index in [1.165, 1.54) is 0 Å². The van der Waals surface area contributed by atoms with Crippen LogP contribution in [0.15, 0.2) is 24.3 Å². The summed E-state index contributed by atoms with van der Waals surface area (Å²) in [6.45, 7) is 0.481. The lowest BCUT2D eigenvalue weighted by atomic mass is 10.0. The molecule has 12 heavy (non-hydrogen) atoms. The third kappa shape index (κ3) is 2.47. The number of hydrogen-bond acceptors (Lipinski definition) is 2. The Bertz CT molecular complexity index is 258. The van der Waals surface area contributed by atoms with Gasteiger partial charge in [0.25, 0.3) is 0 Å². The normalized spacial score (nSPS) is 21.0. The molecule has 0 aromatic heterocycles. The van der Waals surface area contributed by atoms with Gasteiger partial charge in [0.05, 0.1) is 0 Å². The monoisotopic (exact) mass is 182 g/mol. The molecule has 3 nitrogen and oxygen atoms in total. The number of hydrogen-bond donors (Lipinski definition) is 2. The van der Waals surface area contributed by atoms with E-state index in [2.05, 4.69) is 5.32 Å². The Balaban J connectivity index is 2.42. The Hall–Kier alpha value is -1.16. The van der Waals surface area contributed by atoms with E-state index < -0.39 is 6.03 Å². The van der Waals surface area contributed by atoms with Crippen LogP contribution < -0.4 is 11.1 Å². The van der Waals surface area contributed by atoms with Gasteiger partial charge in [0.1, 0.15) is 0 Å². The number of nitrogens with two attached hydrogens (primary N) is 1. The molecule has 0 fully saturated rings. The summed E-state index contributed by atoms with van der Waals surface area (Å²) in [4.78, 5) is 11.2. The molecule has 0 saturated carbocycles. The fraction of sp³-hybridized carbons (Fsp3) is 0.250. The highest BCUT2D eigenvalue weighted by Gasteiger charge is 2.10. The number of amides is 2. The minimum atomic E-state index is -0.513. The number of allylic oxidation sites excluding steroid dienone is 3. The predicted octanol–water partition coefficient (Wildman–Crippen LogP) is 0.767. The molecule has 0 spiro atoms. The summed E-state index contributed by atoms with van der Waals surface area (Å²) in [6, 6.07) is -0.513. The van der Waals surface area contributed by atoms with Crippen molar-refractivity contribution in [1.29, 1.82) is 0 Å². The second-order valence-corrected chi connectivity index (χ2v) is 2.97. The maximum Gasteiger partial charge on any atom is 0.312 e. The lowest BCUT2D eigenvalue weighted by Crippen LogP contribution is -2.35. The molecular weight excluding hydrogens is 172 g/mol. The first-order chi connectivity index (χ1) is 5.70. The standard InChI is InChI=1S/C8H10N2OS/c9-8(11)10-5-6-3-1-2-4-7(6)12/h1-4,6H,5H2,(H3,9,10,11). The zero-order valence-electron chi connectivity index (χ0n) is 6.49. The number of primary amides is 1. The predicted molar refractivity (Wildman–Crippen MR) is 52.0 cm³/mol. The van der Waals surface area contributed by atoms with Crippen molar-refractivity contribution in [3.8, 4) is 0 Å². The summed E-state index contributed by atoms with van der Waals surface area (Å²) in [5, 5.41) is 2.51. The Labute approximate surface area is 76.3 Å². The van der Waals surface area contributed by atoms with E-state index in [0.717, 1.165) is 4.86 Å². The largest absolute Gasteiger partial charge is 0.352 e. The molecule has 64 valence electrons. The molecule has 0 aromatic carbocycles. The molecule has 0 heterocycles. The van der Waals surface area contributed by atoms with Crippen molar-refractivity contribution in [3.05, 3.63) is 24.3 Å². The van der Waals surface area contributed by atoms with Gasteiger partial charge >= 0.3 is 6.03 Å². The summed E-state index contributed by atoms with van der Waals surface area (Å²) in [6.07, 6.45) is 7.58. The first-order valence-electron chi connectivity index (χ1n) is 3.62. The first-order valence-corrected chi connectivity index (χ1v) is 4.03. The highest BCUT2D eigenvalue weighted by Crippen LogP contribution is 2.07. The Morgan fingerprint density at radius 3 is 3.00 bits per heavy atom. The quantitative estimate of drug-likeness (QED) is 0.620. The Morgan fingerprint density at radius 1 is 1.67 bits per heavy atom. The minimum absolute atomic E-state index is 0.109. The first kappa shape index (κ1) is 8.93. The van der Waals surface area contributed by atoms with Crippen LogP contribution in [-0.4, -0.2) is 17.4 Å². The SMILES string of the molecule is NC(=O)NCC1C=CC=CC1=S. The third-order valence-electron chi connectivity index (χ3n) is 1.58. The number of carbonyl (C=O) groups is 1. The van der Waals surface area contributed by atoms with Crippen LogP contribution in [0.2, 0.25) is 0 Å². The summed E-state index contributed by atoms with van der Waals surface area (Å²) in [7, 11) is 0. The number of nitrogens with one attached hydrogen (secondary N) is 1. The van der Waals surface area contributed by atoms with Crippen molar-refractivity contribution < 1.29 is 4.79 Å². The van der Waals surface area contributed by atoms with Crippen molar-refractivity contribution in [2.24, 2.45) is 11.7 Å². The molecule has 3 N–H and O–H groups in total. The van der Waals surface area contributed by atoms with Crippen LogP contribution >= 0.6 is 12.2 Å². The van der Waals surface area contributed by atoms with E-state index in [-0.39, 0.29) is 5.92 Å². The summed E-state index contributed by atoms with van der Waals surface area (Å²) in [5.41, 5.74) is 4.92. The lowest BCUT2D eigenvalue weighted by molar-refractivity contribution is 0.248. The van der Waals surface area contributed by atoms with Crippen LogP contribution in [0.3, 0.4) is 0 Å². The maximum absolute atomic E-state index is 10.4. The molecule has 1 atom stereocenters. The highest BCUT2D eigenvalue weighted by molar-refractivity contribution is 7.80. The van der Waals surface area contributed by atoms with Crippen molar-refractivity contribution in [2.45, 2.75) is 0 Å². The van der Waals surface area contributed by atoms with Gasteiger partial charge in [-0.2, -0.15) is 0 Å². The lowest BCUT2D eigenvalue weighted by Gasteiger charge is -2.13. The molecule has 1 aliphatic rings. The average Bonchev–Trinajstić information content (AvgIpc) is 2.03. The van der Waals surface area contributed by atoms with Crippen molar-refractivity contribution in [2.75, 3.05) is 6.54 Å². The van der Waals surface area contributed by atoms with Gasteiger partial charge in [-0.25, -0.2) is 4.79 Å². The van der Waals surface area contributed by atoms with Gasteiger partial charge in [-0.3, -0.25) is 0 Å². The summed E-state index contributed by atoms with van der Waals surface area (Å²) in [5.74, 6) is 0.109. The molecule has 4 heteroatoms. The fourth-order valence-corrected chi connectivity index (χ4v) is 1.19. The molecule has 0 bridgehead atoms. The molecule has 0 saturated heterocycles. The highest BCUT2D eigenvalue weighted by atomic mass is 32.1. The third-order valence-corrected chi connectivity index (χ3v) is 2.02. The molecule has 1 unspecified atom stereocenters. The van der Waals surface area contributed by atoms with Gasteiger partial charge in [-0.1, -0.05) is 30.4 Å². The topological polar surface area (TPSA) is 55.1 Å². The van der Waals surface area contributed by atoms with E-state index in [0.29, 0.717) is 6.54 Å². The zero-order chi connectivity index (χ0) is 8.97. The van der Waals surface area contributed by atoms with Gasteiger partial charge in [-0.05, 0) is 6.08 Å². The van der Waals surface area contributed by atoms with Gasteiger partial charge < -0.3 is 11.1 Å². The molecule has 0 aliphatic heterocycles. The summed E-state index contributed by atoms with van der Waals surface area (Å²) < 4.78 is 0. The fourth-order valence-electron chi connectivity index (χ4n) is 0.946. The molecule has 2 amide bonds. The second-order valence-electron chi connectivity index (χ2n) is 2.50. The Morgan fingerprint density at radius 2 is 2.42 bits per heavy atom. The number of urea groups is 1. The summed E-state index contributed by atoms with van der Waals surface area (Å²) >= 11 is 5.05. The van der Waals surface area contributed by atoms with Crippen LogP contribution in [0.1, 0.15) is 0 Å². The van der Waals surface area contributed by atoms with Gasteiger partial charge in [0.2, 0.25) is 0 Å². The van der Waals surface area contributed by atoms with Crippen LogP contribution in [0.4, 0.5) is 4.79 Å². The van der Waals surface area contributed by atoms with E-state index in [1.54, 1.807) is 0 Å². The zero-order valence-corrected chi connectivity index (χ0v) is 7.30. The maximum atomic E-state index is 10.4. The smallest absolute Gasteiger partial charge is 0.312 e. The number of carbonyl (C=O) groups excluding carboxylic acids is 1. The van der Waals surface area contributed by atoms with Gasteiger partial charge in [0.15, 0.2) is 0 Å². The molecule has 1 aliphatic carbocycles.